The minimum Gasteiger partial charge on any atom is -0.308 e. The molecule has 21 heavy (non-hydrogen) atoms. The van der Waals surface area contributed by atoms with Gasteiger partial charge in [-0.1, -0.05) is 35.1 Å². The molecule has 3 aromatic rings. The fourth-order valence-electron chi connectivity index (χ4n) is 1.79. The number of anilines is 2. The summed E-state index contributed by atoms with van der Waals surface area (Å²) in [7, 11) is 0. The number of halogens is 2. The number of aromatic nitrogens is 1. The molecular formula is C14H9ClFN3OS. The topological polar surface area (TPSA) is 54.0 Å². The maximum atomic E-state index is 13.5. The van der Waals surface area contributed by atoms with Gasteiger partial charge in [0.05, 0.1) is 4.70 Å². The fraction of sp³-hybridized carbons (Fsp3) is 0. The summed E-state index contributed by atoms with van der Waals surface area (Å²) in [6.45, 7) is 0. The minimum atomic E-state index is -0.461. The molecule has 0 aliphatic rings. The third kappa shape index (κ3) is 3.12. The van der Waals surface area contributed by atoms with Crippen molar-refractivity contribution >= 4 is 50.0 Å². The van der Waals surface area contributed by atoms with Crippen LogP contribution in [0.15, 0.2) is 42.5 Å². The molecule has 1 aromatic heterocycles. The number of carbonyl (C=O) groups is 1. The Hall–Kier alpha value is -2.18. The highest BCUT2D eigenvalue weighted by molar-refractivity contribution is 7.22. The Morgan fingerprint density at radius 3 is 2.76 bits per heavy atom. The van der Waals surface area contributed by atoms with Crippen LogP contribution in [-0.4, -0.2) is 11.0 Å². The number of urea groups is 1. The molecule has 1 heterocycles. The third-order valence-corrected chi connectivity index (χ3v) is 3.84. The Bertz CT molecular complexity index is 821. The lowest BCUT2D eigenvalue weighted by Crippen LogP contribution is -2.19. The van der Waals surface area contributed by atoms with E-state index in [1.165, 1.54) is 17.4 Å². The summed E-state index contributed by atoms with van der Waals surface area (Å²) in [5.41, 5.74) is 0.813. The maximum absolute atomic E-state index is 13.5. The highest BCUT2D eigenvalue weighted by Crippen LogP contribution is 2.27. The van der Waals surface area contributed by atoms with Crippen LogP contribution in [0.5, 0.6) is 0 Å². The van der Waals surface area contributed by atoms with E-state index in [0.29, 0.717) is 20.5 Å². The van der Waals surface area contributed by atoms with Gasteiger partial charge >= 0.3 is 6.03 Å². The summed E-state index contributed by atoms with van der Waals surface area (Å²) in [6.07, 6.45) is 0. The van der Waals surface area contributed by atoms with Gasteiger partial charge in [0, 0.05) is 10.7 Å². The summed E-state index contributed by atoms with van der Waals surface area (Å²) >= 11 is 7.04. The highest BCUT2D eigenvalue weighted by Gasteiger charge is 2.10. The number of amides is 2. The van der Waals surface area contributed by atoms with Gasteiger partial charge in [-0.15, -0.1) is 0 Å². The van der Waals surface area contributed by atoms with Crippen molar-refractivity contribution < 1.29 is 9.18 Å². The van der Waals surface area contributed by atoms with Crippen molar-refractivity contribution in [1.29, 1.82) is 0 Å². The van der Waals surface area contributed by atoms with Crippen LogP contribution in [0.3, 0.4) is 0 Å². The largest absolute Gasteiger partial charge is 0.325 e. The Labute approximate surface area is 128 Å². The summed E-state index contributed by atoms with van der Waals surface area (Å²) in [4.78, 5) is 15.9. The molecule has 106 valence electrons. The van der Waals surface area contributed by atoms with Gasteiger partial charge in [-0.3, -0.25) is 5.32 Å². The van der Waals surface area contributed by atoms with Crippen molar-refractivity contribution in [2.75, 3.05) is 10.6 Å². The van der Waals surface area contributed by atoms with Crippen LogP contribution < -0.4 is 10.6 Å². The van der Waals surface area contributed by atoms with Gasteiger partial charge in [0.15, 0.2) is 5.13 Å². The number of para-hydroxylation sites is 1. The van der Waals surface area contributed by atoms with Gasteiger partial charge < -0.3 is 5.32 Å². The van der Waals surface area contributed by atoms with Crippen molar-refractivity contribution in [3.8, 4) is 0 Å². The second-order valence-electron chi connectivity index (χ2n) is 4.20. The first-order valence-electron chi connectivity index (χ1n) is 6.00. The lowest BCUT2D eigenvalue weighted by molar-refractivity contribution is 0.262. The molecule has 0 fully saturated rings. The number of thiazole rings is 1. The monoisotopic (exact) mass is 321 g/mol. The summed E-state index contributed by atoms with van der Waals surface area (Å²) < 4.78 is 14.2. The Morgan fingerprint density at radius 2 is 2.00 bits per heavy atom. The molecule has 2 N–H and O–H groups in total. The predicted molar refractivity (Wildman–Crippen MR) is 83.7 cm³/mol. The average molecular weight is 322 g/mol. The molecule has 7 heteroatoms. The number of nitrogens with zero attached hydrogens (tertiary/aromatic N) is 1. The van der Waals surface area contributed by atoms with Crippen molar-refractivity contribution in [3.05, 3.63) is 53.3 Å². The Balaban J connectivity index is 1.75. The molecule has 2 amide bonds. The summed E-state index contributed by atoms with van der Waals surface area (Å²) in [5, 5.41) is 6.05. The van der Waals surface area contributed by atoms with Gasteiger partial charge in [0.2, 0.25) is 0 Å². The zero-order valence-corrected chi connectivity index (χ0v) is 12.1. The number of nitrogens with one attached hydrogen (secondary N) is 2. The van der Waals surface area contributed by atoms with Crippen molar-refractivity contribution in [3.63, 3.8) is 0 Å². The van der Waals surface area contributed by atoms with Crippen LogP contribution in [0.4, 0.5) is 20.0 Å². The molecule has 2 aromatic carbocycles. The molecule has 0 saturated heterocycles. The normalized spacial score (nSPS) is 10.6. The number of hydrogen-bond acceptors (Lipinski definition) is 3. The quantitative estimate of drug-likeness (QED) is 0.716. The van der Waals surface area contributed by atoms with E-state index in [2.05, 4.69) is 15.6 Å². The minimum absolute atomic E-state index is 0.251. The van der Waals surface area contributed by atoms with Crippen LogP contribution in [0.2, 0.25) is 5.02 Å². The molecule has 4 nitrogen and oxygen atoms in total. The van der Waals surface area contributed by atoms with E-state index in [1.807, 2.05) is 0 Å². The van der Waals surface area contributed by atoms with Gasteiger partial charge in [-0.05, 0) is 30.3 Å². The predicted octanol–water partition coefficient (Wildman–Crippen LogP) is 4.73. The van der Waals surface area contributed by atoms with Crippen LogP contribution in [0.25, 0.3) is 10.2 Å². The highest BCUT2D eigenvalue weighted by atomic mass is 35.5. The van der Waals surface area contributed by atoms with Crippen molar-refractivity contribution in [2.24, 2.45) is 0 Å². The van der Waals surface area contributed by atoms with Crippen LogP contribution >= 0.6 is 22.9 Å². The molecule has 0 atom stereocenters. The third-order valence-electron chi connectivity index (χ3n) is 2.67. The van der Waals surface area contributed by atoms with Gasteiger partial charge in [-0.2, -0.15) is 0 Å². The molecule has 0 saturated carbocycles. The molecule has 0 radical (unpaired) electrons. The number of fused-ring (bicyclic) bond motifs is 1. The zero-order valence-electron chi connectivity index (χ0n) is 10.6. The lowest BCUT2D eigenvalue weighted by atomic mass is 10.3. The molecule has 0 unspecified atom stereocenters. The van der Waals surface area contributed by atoms with E-state index in [9.17, 15) is 9.18 Å². The van der Waals surface area contributed by atoms with E-state index < -0.39 is 11.8 Å². The van der Waals surface area contributed by atoms with E-state index in [-0.39, 0.29) is 5.52 Å². The first-order chi connectivity index (χ1) is 10.1. The average Bonchev–Trinajstić information content (AvgIpc) is 2.82. The standard InChI is InChI=1S/C14H9ClFN3OS/c15-8-3-1-4-9(7-8)17-13(20)19-14-18-12-10(16)5-2-6-11(12)21-14/h1-7H,(H2,17,18,19,20). The first kappa shape index (κ1) is 13.8. The van der Waals surface area contributed by atoms with Gasteiger partial charge in [0.25, 0.3) is 0 Å². The maximum Gasteiger partial charge on any atom is 0.325 e. The van der Waals surface area contributed by atoms with Crippen molar-refractivity contribution in [1.82, 2.24) is 4.98 Å². The van der Waals surface area contributed by atoms with Gasteiger partial charge in [0.1, 0.15) is 11.3 Å². The molecule has 0 aliphatic carbocycles. The number of hydrogen-bond donors (Lipinski definition) is 2. The lowest BCUT2D eigenvalue weighted by Gasteiger charge is -2.05. The number of rotatable bonds is 2. The second-order valence-corrected chi connectivity index (χ2v) is 5.66. The Morgan fingerprint density at radius 1 is 1.19 bits per heavy atom. The first-order valence-corrected chi connectivity index (χ1v) is 7.20. The van der Waals surface area contributed by atoms with E-state index in [1.54, 1.807) is 36.4 Å². The molecule has 0 spiro atoms. The van der Waals surface area contributed by atoms with Crippen molar-refractivity contribution in [2.45, 2.75) is 0 Å². The van der Waals surface area contributed by atoms with E-state index >= 15 is 0 Å². The molecule has 3 rings (SSSR count). The van der Waals surface area contributed by atoms with Gasteiger partial charge in [-0.25, -0.2) is 14.2 Å². The molecule has 0 aliphatic heterocycles. The Kier molecular flexibility index (Phi) is 3.72. The zero-order chi connectivity index (χ0) is 14.8. The SMILES string of the molecule is O=C(Nc1cccc(Cl)c1)Nc1nc2c(F)cccc2s1. The fourth-order valence-corrected chi connectivity index (χ4v) is 2.86. The second kappa shape index (κ2) is 5.67. The van der Waals surface area contributed by atoms with E-state index in [4.69, 9.17) is 11.6 Å². The smallest absolute Gasteiger partial charge is 0.308 e. The van der Waals surface area contributed by atoms with Crippen LogP contribution in [0.1, 0.15) is 0 Å². The summed E-state index contributed by atoms with van der Waals surface area (Å²) in [6, 6.07) is 11.0. The molecular weight excluding hydrogens is 313 g/mol. The summed E-state index contributed by atoms with van der Waals surface area (Å²) in [5.74, 6) is -0.410. The van der Waals surface area contributed by atoms with E-state index in [0.717, 1.165) is 0 Å². The molecule has 0 bridgehead atoms. The number of benzene rings is 2. The number of carbonyl (C=O) groups excluding carboxylic acids is 1. The van der Waals surface area contributed by atoms with Crippen LogP contribution in [0, 0.1) is 5.82 Å². The van der Waals surface area contributed by atoms with Crippen LogP contribution in [-0.2, 0) is 0 Å².